The number of fused-ring (bicyclic) bond motifs is 1. The Bertz CT molecular complexity index is 953. The average Bonchev–Trinajstić information content (AvgIpc) is 2.93. The van der Waals surface area contributed by atoms with Crippen LogP contribution in [0.15, 0.2) is 36.8 Å². The third-order valence-corrected chi connectivity index (χ3v) is 3.92. The first-order valence-corrected chi connectivity index (χ1v) is 7.51. The Morgan fingerprint density at radius 2 is 2.08 bits per heavy atom. The predicted molar refractivity (Wildman–Crippen MR) is 86.8 cm³/mol. The maximum absolute atomic E-state index is 13.8. The highest BCUT2D eigenvalue weighted by molar-refractivity contribution is 5.96. The van der Waals surface area contributed by atoms with E-state index in [-0.39, 0.29) is 17.7 Å². The fourth-order valence-corrected chi connectivity index (χ4v) is 2.52. The molecular weight excluding hydrogens is 330 g/mol. The molecule has 0 saturated heterocycles. The van der Waals surface area contributed by atoms with Gasteiger partial charge in [-0.05, 0) is 19.1 Å². The van der Waals surface area contributed by atoms with Crippen molar-refractivity contribution >= 4 is 17.1 Å². The van der Waals surface area contributed by atoms with Gasteiger partial charge in [0, 0.05) is 24.9 Å². The van der Waals surface area contributed by atoms with Crippen LogP contribution in [0.1, 0.15) is 22.8 Å². The number of nitrogens with zero attached hydrogens (tertiary/aromatic N) is 3. The average molecular weight is 346 g/mol. The van der Waals surface area contributed by atoms with Gasteiger partial charge in [0.15, 0.2) is 5.65 Å². The number of nitrogens with one attached hydrogen (secondary N) is 1. The molecule has 2 N–H and O–H groups in total. The summed E-state index contributed by atoms with van der Waals surface area (Å²) in [5, 5.41) is 12.9. The van der Waals surface area contributed by atoms with Gasteiger partial charge in [-0.15, -0.1) is 0 Å². The number of halogens is 2. The third-order valence-electron chi connectivity index (χ3n) is 3.92. The van der Waals surface area contributed by atoms with Crippen LogP contribution in [0.25, 0.3) is 11.2 Å². The van der Waals surface area contributed by atoms with Crippen LogP contribution in [0.2, 0.25) is 0 Å². The second kappa shape index (κ2) is 6.21. The van der Waals surface area contributed by atoms with Crippen molar-refractivity contribution < 1.29 is 18.7 Å². The van der Waals surface area contributed by atoms with Crippen LogP contribution in [-0.4, -0.2) is 32.1 Å². The maximum Gasteiger partial charge on any atom is 0.253 e. The van der Waals surface area contributed by atoms with Crippen molar-refractivity contribution in [3.05, 3.63) is 59.6 Å². The lowest BCUT2D eigenvalue weighted by Gasteiger charge is -2.24. The Hall–Kier alpha value is -2.87. The fourth-order valence-electron chi connectivity index (χ4n) is 2.52. The minimum absolute atomic E-state index is 0.104. The highest BCUT2D eigenvalue weighted by Crippen LogP contribution is 2.23. The quantitative estimate of drug-likeness (QED) is 0.756. The van der Waals surface area contributed by atoms with Gasteiger partial charge in [0.2, 0.25) is 0 Å². The van der Waals surface area contributed by atoms with E-state index in [1.54, 1.807) is 24.0 Å². The number of amides is 1. The fraction of sp³-hybridized carbons (Fsp3) is 0.235. The second-order valence-electron chi connectivity index (χ2n) is 6.00. The highest BCUT2D eigenvalue weighted by atomic mass is 19.1. The van der Waals surface area contributed by atoms with Gasteiger partial charge in [-0.3, -0.25) is 4.79 Å². The number of pyridine rings is 1. The molecule has 0 spiro atoms. The van der Waals surface area contributed by atoms with Crippen LogP contribution >= 0.6 is 0 Å². The maximum atomic E-state index is 13.8. The summed E-state index contributed by atoms with van der Waals surface area (Å²) < 4.78 is 28.6. The van der Waals surface area contributed by atoms with Crippen molar-refractivity contribution in [2.24, 2.45) is 7.05 Å². The molecule has 2 aromatic heterocycles. The van der Waals surface area contributed by atoms with E-state index < -0.39 is 23.1 Å². The number of carbonyl (C=O) groups excluding carboxylic acids is 1. The third kappa shape index (κ3) is 3.34. The number of hydrogen-bond acceptors (Lipinski definition) is 4. The van der Waals surface area contributed by atoms with Crippen LogP contribution in [0.5, 0.6) is 0 Å². The molecule has 3 rings (SSSR count). The van der Waals surface area contributed by atoms with Crippen LogP contribution < -0.4 is 5.32 Å². The summed E-state index contributed by atoms with van der Waals surface area (Å²) in [6.45, 7) is 1.08. The van der Waals surface area contributed by atoms with E-state index in [1.807, 2.05) is 0 Å². The van der Waals surface area contributed by atoms with Crippen molar-refractivity contribution in [3.63, 3.8) is 0 Å². The molecule has 0 radical (unpaired) electrons. The number of aryl methyl sites for hydroxylation is 1. The monoisotopic (exact) mass is 346 g/mol. The smallest absolute Gasteiger partial charge is 0.253 e. The molecule has 1 amide bonds. The summed E-state index contributed by atoms with van der Waals surface area (Å²) in [7, 11) is 1.79. The van der Waals surface area contributed by atoms with E-state index in [0.29, 0.717) is 17.2 Å². The number of imidazole rings is 1. The van der Waals surface area contributed by atoms with E-state index in [1.165, 1.54) is 13.1 Å². The summed E-state index contributed by atoms with van der Waals surface area (Å²) >= 11 is 0. The van der Waals surface area contributed by atoms with Crippen LogP contribution in [0, 0.1) is 11.6 Å². The van der Waals surface area contributed by atoms with Gasteiger partial charge in [-0.2, -0.15) is 0 Å². The van der Waals surface area contributed by atoms with E-state index in [0.717, 1.165) is 12.1 Å². The number of benzene rings is 1. The minimum atomic E-state index is -1.70. The van der Waals surface area contributed by atoms with Crippen molar-refractivity contribution in [2.45, 2.75) is 12.5 Å². The van der Waals surface area contributed by atoms with Gasteiger partial charge in [0.25, 0.3) is 5.91 Å². The van der Waals surface area contributed by atoms with Gasteiger partial charge in [-0.25, -0.2) is 18.7 Å². The highest BCUT2D eigenvalue weighted by Gasteiger charge is 2.27. The zero-order valence-corrected chi connectivity index (χ0v) is 13.6. The molecule has 25 heavy (non-hydrogen) atoms. The first-order valence-electron chi connectivity index (χ1n) is 7.51. The van der Waals surface area contributed by atoms with Crippen LogP contribution in [0.4, 0.5) is 8.78 Å². The molecule has 0 aliphatic heterocycles. The summed E-state index contributed by atoms with van der Waals surface area (Å²) in [4.78, 5) is 20.5. The first-order chi connectivity index (χ1) is 11.8. The summed E-state index contributed by atoms with van der Waals surface area (Å²) in [5.74, 6) is -2.10. The Balaban J connectivity index is 1.75. The number of carbonyl (C=O) groups is 1. The SMILES string of the molecule is Cn1cnc2cc(C(=O)NCC(C)(O)c3ccc(F)cc3F)cnc21. The standard InChI is InChI=1S/C17H16F2N4O2/c1-17(25,12-4-3-11(18)6-13(12)19)8-21-16(24)10-5-14-15(20-7-10)23(2)9-22-14/h3-7,9,25H,8H2,1-2H3,(H,21,24). The summed E-state index contributed by atoms with van der Waals surface area (Å²) in [6, 6.07) is 4.46. The molecule has 0 saturated carbocycles. The van der Waals surface area contributed by atoms with Crippen molar-refractivity contribution in [1.82, 2.24) is 19.9 Å². The minimum Gasteiger partial charge on any atom is -0.383 e. The lowest BCUT2D eigenvalue weighted by molar-refractivity contribution is 0.0494. The Morgan fingerprint density at radius 1 is 1.32 bits per heavy atom. The van der Waals surface area contributed by atoms with Gasteiger partial charge in [-0.1, -0.05) is 6.07 Å². The molecule has 0 aliphatic rings. The molecule has 0 fully saturated rings. The van der Waals surface area contributed by atoms with Gasteiger partial charge in [0.05, 0.1) is 18.4 Å². The summed E-state index contributed by atoms with van der Waals surface area (Å²) in [6.07, 6.45) is 2.98. The number of rotatable bonds is 4. The predicted octanol–water partition coefficient (Wildman–Crippen LogP) is 1.88. The van der Waals surface area contributed by atoms with E-state index in [2.05, 4.69) is 15.3 Å². The molecular formula is C17H16F2N4O2. The molecule has 8 heteroatoms. The Labute approximate surface area is 142 Å². The van der Waals surface area contributed by atoms with Crippen LogP contribution in [-0.2, 0) is 12.6 Å². The molecule has 1 atom stereocenters. The van der Waals surface area contributed by atoms with Gasteiger partial charge in [0.1, 0.15) is 22.8 Å². The second-order valence-corrected chi connectivity index (χ2v) is 6.00. The molecule has 0 bridgehead atoms. The number of hydrogen-bond donors (Lipinski definition) is 2. The lowest BCUT2D eigenvalue weighted by atomic mass is 9.95. The Kier molecular flexibility index (Phi) is 4.22. The van der Waals surface area contributed by atoms with E-state index in [9.17, 15) is 18.7 Å². The van der Waals surface area contributed by atoms with E-state index in [4.69, 9.17) is 0 Å². The van der Waals surface area contributed by atoms with Crippen LogP contribution in [0.3, 0.4) is 0 Å². The van der Waals surface area contributed by atoms with Crippen molar-refractivity contribution in [2.75, 3.05) is 6.54 Å². The summed E-state index contributed by atoms with van der Waals surface area (Å²) in [5.41, 5.74) is -0.340. The first kappa shape index (κ1) is 17.0. The topological polar surface area (TPSA) is 80.0 Å². The Morgan fingerprint density at radius 3 is 2.80 bits per heavy atom. The lowest BCUT2D eigenvalue weighted by Crippen LogP contribution is -2.39. The van der Waals surface area contributed by atoms with Gasteiger partial charge < -0.3 is 15.0 Å². The molecule has 1 unspecified atom stereocenters. The van der Waals surface area contributed by atoms with Crippen molar-refractivity contribution in [1.29, 1.82) is 0 Å². The normalized spacial score (nSPS) is 13.6. The number of aromatic nitrogens is 3. The zero-order valence-electron chi connectivity index (χ0n) is 13.6. The molecule has 3 aromatic rings. The molecule has 2 heterocycles. The molecule has 6 nitrogen and oxygen atoms in total. The van der Waals surface area contributed by atoms with Crippen molar-refractivity contribution in [3.8, 4) is 0 Å². The number of aliphatic hydroxyl groups is 1. The molecule has 0 aliphatic carbocycles. The largest absolute Gasteiger partial charge is 0.383 e. The van der Waals surface area contributed by atoms with Gasteiger partial charge >= 0.3 is 0 Å². The van der Waals surface area contributed by atoms with E-state index >= 15 is 0 Å². The molecule has 130 valence electrons. The molecule has 1 aromatic carbocycles. The zero-order chi connectivity index (χ0) is 18.2.